The van der Waals surface area contributed by atoms with E-state index in [1.165, 1.54) is 0 Å². The first-order valence-corrected chi connectivity index (χ1v) is 6.50. The van der Waals surface area contributed by atoms with E-state index in [2.05, 4.69) is 4.74 Å². The van der Waals surface area contributed by atoms with Crippen molar-refractivity contribution in [3.8, 4) is 0 Å². The van der Waals surface area contributed by atoms with Crippen LogP contribution < -0.4 is 5.14 Å². The molecule has 0 unspecified atom stereocenters. The number of carbonyl (C=O) groups is 1. The highest BCUT2D eigenvalue weighted by Crippen LogP contribution is 2.21. The van der Waals surface area contributed by atoms with Crippen molar-refractivity contribution in [2.75, 3.05) is 7.11 Å². The van der Waals surface area contributed by atoms with Crippen LogP contribution in [0.4, 0.5) is 4.39 Å². The van der Waals surface area contributed by atoms with Crippen LogP contribution in [-0.2, 0) is 14.8 Å². The summed E-state index contributed by atoms with van der Waals surface area (Å²) in [6.45, 7) is 0. The highest BCUT2D eigenvalue weighted by molar-refractivity contribution is 14.1. The number of hydrogen-bond acceptors (Lipinski definition) is 4. The SMILES string of the molecule is COC(=O)c1cc(S(N)(=O)=O)c(F)cc1I. The molecule has 0 spiro atoms. The number of esters is 1. The third kappa shape index (κ3) is 2.68. The van der Waals surface area contributed by atoms with Gasteiger partial charge in [-0.05, 0) is 34.7 Å². The third-order valence-corrected chi connectivity index (χ3v) is 3.55. The fourth-order valence-electron chi connectivity index (χ4n) is 1.01. The Balaban J connectivity index is 3.51. The summed E-state index contributed by atoms with van der Waals surface area (Å²) < 4.78 is 40.0. The normalized spacial score (nSPS) is 11.2. The summed E-state index contributed by atoms with van der Waals surface area (Å²) in [6, 6.07) is 1.77. The van der Waals surface area contributed by atoms with E-state index in [0.29, 0.717) is 0 Å². The van der Waals surface area contributed by atoms with Crippen LogP contribution >= 0.6 is 22.6 Å². The van der Waals surface area contributed by atoms with E-state index >= 15 is 0 Å². The van der Waals surface area contributed by atoms with Crippen LogP contribution in [0.1, 0.15) is 10.4 Å². The van der Waals surface area contributed by atoms with Crippen molar-refractivity contribution >= 4 is 38.6 Å². The number of carbonyl (C=O) groups excluding carboxylic acids is 1. The second kappa shape index (κ2) is 4.63. The minimum atomic E-state index is -4.20. The number of ether oxygens (including phenoxy) is 1. The van der Waals surface area contributed by atoms with Crippen LogP contribution in [0.5, 0.6) is 0 Å². The minimum Gasteiger partial charge on any atom is -0.465 e. The van der Waals surface area contributed by atoms with Crippen LogP contribution in [0.2, 0.25) is 0 Å². The molecule has 2 N–H and O–H groups in total. The Hall–Kier alpha value is -0.740. The van der Waals surface area contributed by atoms with E-state index in [1.54, 1.807) is 22.6 Å². The molecule has 1 rings (SSSR count). The molecule has 0 aliphatic rings. The minimum absolute atomic E-state index is 0.0477. The van der Waals surface area contributed by atoms with Gasteiger partial charge in [0.25, 0.3) is 0 Å². The molecule has 0 radical (unpaired) electrons. The number of benzene rings is 1. The molecule has 0 fully saturated rings. The molecule has 5 nitrogen and oxygen atoms in total. The van der Waals surface area contributed by atoms with Crippen LogP contribution in [0, 0.1) is 9.39 Å². The van der Waals surface area contributed by atoms with Crippen molar-refractivity contribution in [2.45, 2.75) is 4.90 Å². The average molecular weight is 359 g/mol. The Labute approximate surface area is 105 Å². The predicted octanol–water partition coefficient (Wildman–Crippen LogP) is 0.864. The highest BCUT2D eigenvalue weighted by atomic mass is 127. The number of methoxy groups -OCH3 is 1. The smallest absolute Gasteiger partial charge is 0.338 e. The second-order valence-electron chi connectivity index (χ2n) is 2.80. The number of rotatable bonds is 2. The van der Waals surface area contributed by atoms with E-state index < -0.39 is 26.7 Å². The summed E-state index contributed by atoms with van der Waals surface area (Å²) in [4.78, 5) is 10.5. The maximum absolute atomic E-state index is 13.3. The lowest BCUT2D eigenvalue weighted by Gasteiger charge is -2.06. The van der Waals surface area contributed by atoms with Gasteiger partial charge in [0.2, 0.25) is 10.0 Å². The molecule has 0 atom stereocenters. The van der Waals surface area contributed by atoms with Crippen molar-refractivity contribution in [3.63, 3.8) is 0 Å². The lowest BCUT2D eigenvalue weighted by Crippen LogP contribution is -2.16. The van der Waals surface area contributed by atoms with Gasteiger partial charge < -0.3 is 4.74 Å². The van der Waals surface area contributed by atoms with E-state index in [-0.39, 0.29) is 9.13 Å². The molecule has 8 heteroatoms. The van der Waals surface area contributed by atoms with Gasteiger partial charge in [-0.3, -0.25) is 0 Å². The molecule has 0 heterocycles. The number of nitrogens with two attached hydrogens (primary N) is 1. The summed E-state index contributed by atoms with van der Waals surface area (Å²) in [5, 5.41) is 4.80. The van der Waals surface area contributed by atoms with Crippen LogP contribution in [-0.4, -0.2) is 21.5 Å². The lowest BCUT2D eigenvalue weighted by molar-refractivity contribution is 0.0599. The van der Waals surface area contributed by atoms with Gasteiger partial charge in [-0.1, -0.05) is 0 Å². The van der Waals surface area contributed by atoms with Crippen LogP contribution in [0.15, 0.2) is 17.0 Å². The maximum atomic E-state index is 13.3. The van der Waals surface area contributed by atoms with Crippen LogP contribution in [0.25, 0.3) is 0 Å². The van der Waals surface area contributed by atoms with Gasteiger partial charge in [-0.15, -0.1) is 0 Å². The van der Waals surface area contributed by atoms with Crippen molar-refractivity contribution in [1.29, 1.82) is 0 Å². The zero-order valence-corrected chi connectivity index (χ0v) is 11.0. The third-order valence-electron chi connectivity index (χ3n) is 1.73. The summed E-state index contributed by atoms with van der Waals surface area (Å²) >= 11 is 1.69. The molecule has 16 heavy (non-hydrogen) atoms. The molecule has 1 aromatic rings. The Kier molecular flexibility index (Phi) is 3.86. The quantitative estimate of drug-likeness (QED) is 0.627. The van der Waals surface area contributed by atoms with E-state index in [4.69, 9.17) is 5.14 Å². The summed E-state index contributed by atoms with van der Waals surface area (Å²) in [6.07, 6.45) is 0. The Morgan fingerprint density at radius 2 is 2.06 bits per heavy atom. The Morgan fingerprint density at radius 1 is 1.50 bits per heavy atom. The Morgan fingerprint density at radius 3 is 2.50 bits per heavy atom. The molecule has 0 saturated heterocycles. The fraction of sp³-hybridized carbons (Fsp3) is 0.125. The Bertz CT molecular complexity index is 543. The molecule has 1 aromatic carbocycles. The average Bonchev–Trinajstić information content (AvgIpc) is 2.14. The molecular formula is C8H7FINO4S. The van der Waals surface area contributed by atoms with Crippen molar-refractivity contribution in [1.82, 2.24) is 0 Å². The molecule has 0 amide bonds. The van der Waals surface area contributed by atoms with Crippen molar-refractivity contribution in [3.05, 3.63) is 27.1 Å². The van der Waals surface area contributed by atoms with E-state index in [0.717, 1.165) is 19.2 Å². The molecule has 0 bridgehead atoms. The van der Waals surface area contributed by atoms with E-state index in [1.807, 2.05) is 0 Å². The maximum Gasteiger partial charge on any atom is 0.338 e. The van der Waals surface area contributed by atoms with Gasteiger partial charge in [0, 0.05) is 3.57 Å². The molecular weight excluding hydrogens is 352 g/mol. The number of primary sulfonamides is 1. The zero-order valence-electron chi connectivity index (χ0n) is 8.03. The first kappa shape index (κ1) is 13.3. The predicted molar refractivity (Wildman–Crippen MR) is 61.8 cm³/mol. The monoisotopic (exact) mass is 359 g/mol. The highest BCUT2D eigenvalue weighted by Gasteiger charge is 2.20. The van der Waals surface area contributed by atoms with Crippen molar-refractivity contribution in [2.24, 2.45) is 5.14 Å². The van der Waals surface area contributed by atoms with Gasteiger partial charge in [0.05, 0.1) is 12.7 Å². The first-order valence-electron chi connectivity index (χ1n) is 3.87. The fourth-order valence-corrected chi connectivity index (χ4v) is 2.28. The van der Waals surface area contributed by atoms with Gasteiger partial charge in [0.15, 0.2) is 0 Å². The van der Waals surface area contributed by atoms with Gasteiger partial charge in [-0.2, -0.15) is 0 Å². The summed E-state index contributed by atoms with van der Waals surface area (Å²) in [7, 11) is -3.06. The van der Waals surface area contributed by atoms with Gasteiger partial charge >= 0.3 is 5.97 Å². The number of halogens is 2. The topological polar surface area (TPSA) is 86.5 Å². The van der Waals surface area contributed by atoms with E-state index in [9.17, 15) is 17.6 Å². The molecule has 0 aromatic heterocycles. The zero-order chi connectivity index (χ0) is 12.5. The molecule has 88 valence electrons. The largest absolute Gasteiger partial charge is 0.465 e. The second-order valence-corrected chi connectivity index (χ2v) is 5.49. The van der Waals surface area contributed by atoms with Gasteiger partial charge in [0.1, 0.15) is 10.7 Å². The molecule has 0 saturated carbocycles. The summed E-state index contributed by atoms with van der Waals surface area (Å²) in [5.41, 5.74) is -0.0477. The van der Waals surface area contributed by atoms with Crippen molar-refractivity contribution < 1.29 is 22.3 Å². The standard InChI is InChI=1S/C8H7FINO4S/c1-15-8(12)4-2-7(16(11,13)14)5(9)3-6(4)10/h2-3H,1H3,(H2,11,13,14). The summed E-state index contributed by atoms with van der Waals surface area (Å²) in [5.74, 6) is -1.76. The number of sulfonamides is 1. The first-order chi connectivity index (χ1) is 7.27. The molecule has 0 aliphatic carbocycles. The number of hydrogen-bond donors (Lipinski definition) is 1. The lowest BCUT2D eigenvalue weighted by atomic mass is 10.2. The van der Waals surface area contributed by atoms with Gasteiger partial charge in [-0.25, -0.2) is 22.7 Å². The van der Waals surface area contributed by atoms with Crippen LogP contribution in [0.3, 0.4) is 0 Å². The molecule has 0 aliphatic heterocycles.